The standard InChI is InChI=1S/C15H22N2O3/c1-19-10-11-6-8-17(9-7-11)15(18)14-12(16)4-3-5-13(14)20-2/h3-5,11H,6-10,16H2,1-2H3. The molecule has 0 saturated carbocycles. The largest absolute Gasteiger partial charge is 0.496 e. The number of rotatable bonds is 4. The predicted octanol–water partition coefficient (Wildman–Crippen LogP) is 1.78. The second kappa shape index (κ2) is 6.61. The van der Waals surface area contributed by atoms with E-state index in [0.29, 0.717) is 22.9 Å². The summed E-state index contributed by atoms with van der Waals surface area (Å²) in [4.78, 5) is 14.4. The van der Waals surface area contributed by atoms with Crippen molar-refractivity contribution in [3.63, 3.8) is 0 Å². The van der Waals surface area contributed by atoms with Crippen LogP contribution in [-0.2, 0) is 4.74 Å². The number of ether oxygens (including phenoxy) is 2. The number of amides is 1. The third-order valence-corrected chi connectivity index (χ3v) is 3.80. The fourth-order valence-corrected chi connectivity index (χ4v) is 2.64. The van der Waals surface area contributed by atoms with Gasteiger partial charge in [0.1, 0.15) is 11.3 Å². The van der Waals surface area contributed by atoms with Gasteiger partial charge in [-0.05, 0) is 30.9 Å². The minimum atomic E-state index is -0.0455. The number of hydrogen-bond donors (Lipinski definition) is 1. The molecule has 0 bridgehead atoms. The summed E-state index contributed by atoms with van der Waals surface area (Å²) in [6.07, 6.45) is 1.93. The van der Waals surface area contributed by atoms with Gasteiger partial charge in [-0.1, -0.05) is 6.07 Å². The SMILES string of the molecule is COCC1CCN(C(=O)c2c(N)cccc2OC)CC1. The summed E-state index contributed by atoms with van der Waals surface area (Å²) in [7, 11) is 3.27. The number of carbonyl (C=O) groups excluding carboxylic acids is 1. The fraction of sp³-hybridized carbons (Fsp3) is 0.533. The molecule has 1 aliphatic heterocycles. The van der Waals surface area contributed by atoms with Crippen molar-refractivity contribution < 1.29 is 14.3 Å². The van der Waals surface area contributed by atoms with Gasteiger partial charge in [0.05, 0.1) is 7.11 Å². The maximum atomic E-state index is 12.6. The van der Waals surface area contributed by atoms with Gasteiger partial charge in [0.2, 0.25) is 0 Å². The van der Waals surface area contributed by atoms with Gasteiger partial charge in [0.15, 0.2) is 0 Å². The number of methoxy groups -OCH3 is 2. The van der Waals surface area contributed by atoms with Crippen LogP contribution in [0.15, 0.2) is 18.2 Å². The van der Waals surface area contributed by atoms with Crippen LogP contribution in [0.5, 0.6) is 5.75 Å². The number of anilines is 1. The molecule has 110 valence electrons. The average Bonchev–Trinajstić information content (AvgIpc) is 2.47. The molecule has 0 radical (unpaired) electrons. The van der Waals surface area contributed by atoms with Crippen molar-refractivity contribution in [2.75, 3.05) is 39.6 Å². The molecule has 2 N–H and O–H groups in total. The van der Waals surface area contributed by atoms with E-state index in [1.165, 1.54) is 0 Å². The maximum absolute atomic E-state index is 12.6. The lowest BCUT2D eigenvalue weighted by atomic mass is 9.97. The van der Waals surface area contributed by atoms with E-state index in [1.54, 1.807) is 32.4 Å². The van der Waals surface area contributed by atoms with Crippen LogP contribution in [-0.4, -0.2) is 44.7 Å². The van der Waals surface area contributed by atoms with Gasteiger partial charge in [0.25, 0.3) is 5.91 Å². The number of nitrogens with two attached hydrogens (primary N) is 1. The van der Waals surface area contributed by atoms with Crippen LogP contribution in [0.2, 0.25) is 0 Å². The lowest BCUT2D eigenvalue weighted by Gasteiger charge is -2.32. The van der Waals surface area contributed by atoms with Crippen LogP contribution in [0, 0.1) is 5.92 Å². The molecule has 1 aromatic rings. The number of carbonyl (C=O) groups is 1. The van der Waals surface area contributed by atoms with Crippen molar-refractivity contribution in [2.24, 2.45) is 5.92 Å². The predicted molar refractivity (Wildman–Crippen MR) is 77.9 cm³/mol. The minimum absolute atomic E-state index is 0.0455. The Bertz CT molecular complexity index is 468. The van der Waals surface area contributed by atoms with Gasteiger partial charge in [-0.15, -0.1) is 0 Å². The zero-order chi connectivity index (χ0) is 14.5. The molecule has 2 rings (SSSR count). The van der Waals surface area contributed by atoms with Crippen LogP contribution in [0.1, 0.15) is 23.2 Å². The van der Waals surface area contributed by atoms with Crippen molar-refractivity contribution in [3.05, 3.63) is 23.8 Å². The van der Waals surface area contributed by atoms with Crippen molar-refractivity contribution in [1.82, 2.24) is 4.90 Å². The zero-order valence-corrected chi connectivity index (χ0v) is 12.1. The normalized spacial score (nSPS) is 16.2. The zero-order valence-electron chi connectivity index (χ0n) is 12.1. The van der Waals surface area contributed by atoms with E-state index in [9.17, 15) is 4.79 Å². The van der Waals surface area contributed by atoms with Crippen LogP contribution < -0.4 is 10.5 Å². The summed E-state index contributed by atoms with van der Waals surface area (Å²) >= 11 is 0. The first kappa shape index (κ1) is 14.7. The summed E-state index contributed by atoms with van der Waals surface area (Å²) in [6.45, 7) is 2.24. The molecule has 1 aromatic carbocycles. The second-order valence-electron chi connectivity index (χ2n) is 5.12. The van der Waals surface area contributed by atoms with E-state index in [4.69, 9.17) is 15.2 Å². The van der Waals surface area contributed by atoms with Gasteiger partial charge in [-0.25, -0.2) is 0 Å². The molecule has 5 nitrogen and oxygen atoms in total. The highest BCUT2D eigenvalue weighted by Crippen LogP contribution is 2.27. The van der Waals surface area contributed by atoms with Gasteiger partial charge < -0.3 is 20.1 Å². The van der Waals surface area contributed by atoms with E-state index in [1.807, 2.05) is 4.90 Å². The average molecular weight is 278 g/mol. The topological polar surface area (TPSA) is 64.8 Å². The van der Waals surface area contributed by atoms with Crippen molar-refractivity contribution >= 4 is 11.6 Å². The van der Waals surface area contributed by atoms with E-state index < -0.39 is 0 Å². The first-order valence-corrected chi connectivity index (χ1v) is 6.88. The lowest BCUT2D eigenvalue weighted by molar-refractivity contribution is 0.0611. The second-order valence-corrected chi connectivity index (χ2v) is 5.12. The molecule has 0 atom stereocenters. The summed E-state index contributed by atoms with van der Waals surface area (Å²) in [5.74, 6) is 1.03. The van der Waals surface area contributed by atoms with Crippen molar-refractivity contribution in [1.29, 1.82) is 0 Å². The van der Waals surface area contributed by atoms with Gasteiger partial charge >= 0.3 is 0 Å². The molecule has 1 fully saturated rings. The van der Waals surface area contributed by atoms with Crippen molar-refractivity contribution in [2.45, 2.75) is 12.8 Å². The Balaban J connectivity index is 2.09. The molecular formula is C15H22N2O3. The van der Waals surface area contributed by atoms with Crippen LogP contribution in [0.4, 0.5) is 5.69 Å². The molecule has 1 saturated heterocycles. The number of benzene rings is 1. The summed E-state index contributed by atoms with van der Waals surface area (Å²) in [5.41, 5.74) is 6.87. The molecule has 0 unspecified atom stereocenters. The molecule has 20 heavy (non-hydrogen) atoms. The maximum Gasteiger partial charge on any atom is 0.259 e. The van der Waals surface area contributed by atoms with Gasteiger partial charge in [-0.2, -0.15) is 0 Å². The Morgan fingerprint density at radius 3 is 2.65 bits per heavy atom. The van der Waals surface area contributed by atoms with E-state index in [2.05, 4.69) is 0 Å². The Morgan fingerprint density at radius 1 is 1.35 bits per heavy atom. The highest BCUT2D eigenvalue weighted by Gasteiger charge is 2.26. The molecule has 0 aliphatic carbocycles. The Morgan fingerprint density at radius 2 is 2.05 bits per heavy atom. The molecule has 1 amide bonds. The third-order valence-electron chi connectivity index (χ3n) is 3.80. The van der Waals surface area contributed by atoms with Crippen LogP contribution in [0.3, 0.4) is 0 Å². The molecule has 1 aliphatic rings. The molecule has 0 spiro atoms. The van der Waals surface area contributed by atoms with E-state index in [0.717, 1.165) is 32.5 Å². The number of nitrogens with zero attached hydrogens (tertiary/aromatic N) is 1. The Kier molecular flexibility index (Phi) is 4.84. The fourth-order valence-electron chi connectivity index (χ4n) is 2.64. The Hall–Kier alpha value is -1.75. The minimum Gasteiger partial charge on any atom is -0.496 e. The first-order valence-electron chi connectivity index (χ1n) is 6.88. The molecular weight excluding hydrogens is 256 g/mol. The smallest absolute Gasteiger partial charge is 0.259 e. The lowest BCUT2D eigenvalue weighted by Crippen LogP contribution is -2.39. The summed E-state index contributed by atoms with van der Waals surface area (Å²) in [5, 5.41) is 0. The number of hydrogen-bond acceptors (Lipinski definition) is 4. The first-order chi connectivity index (χ1) is 9.67. The third kappa shape index (κ3) is 3.04. The van der Waals surface area contributed by atoms with Gasteiger partial charge in [0, 0.05) is 32.5 Å². The highest BCUT2D eigenvalue weighted by molar-refractivity contribution is 6.01. The number of nitrogen functional groups attached to an aromatic ring is 1. The van der Waals surface area contributed by atoms with Gasteiger partial charge in [-0.3, -0.25) is 4.79 Å². The van der Waals surface area contributed by atoms with Crippen molar-refractivity contribution in [3.8, 4) is 5.75 Å². The number of likely N-dealkylation sites (tertiary alicyclic amines) is 1. The quantitative estimate of drug-likeness (QED) is 0.853. The van der Waals surface area contributed by atoms with Crippen LogP contribution in [0.25, 0.3) is 0 Å². The van der Waals surface area contributed by atoms with E-state index >= 15 is 0 Å². The molecule has 5 heteroatoms. The Labute approximate surface area is 119 Å². The highest BCUT2D eigenvalue weighted by atomic mass is 16.5. The number of piperidine rings is 1. The monoisotopic (exact) mass is 278 g/mol. The summed E-state index contributed by atoms with van der Waals surface area (Å²) < 4.78 is 10.4. The summed E-state index contributed by atoms with van der Waals surface area (Å²) in [6, 6.07) is 5.28. The molecule has 0 aromatic heterocycles. The molecule has 1 heterocycles. The van der Waals surface area contributed by atoms with Crippen LogP contribution >= 0.6 is 0 Å². The van der Waals surface area contributed by atoms with E-state index in [-0.39, 0.29) is 5.91 Å².